The number of carbonyl (C=O) groups excluding carboxylic acids is 1. The lowest BCUT2D eigenvalue weighted by atomic mass is 10.1. The van der Waals surface area contributed by atoms with Gasteiger partial charge in [0.2, 0.25) is 0 Å². The van der Waals surface area contributed by atoms with Gasteiger partial charge in [0.1, 0.15) is 15.6 Å². The molecule has 1 aromatic carbocycles. The summed E-state index contributed by atoms with van der Waals surface area (Å²) in [5.41, 5.74) is 6.51. The third-order valence-corrected chi connectivity index (χ3v) is 5.07. The standard InChI is InChI=1S/C13H18N2O4S/c1-19-12-3-2-9(14)8-11(12)13(16)15-10-4-6-20(17,18)7-5-10/h2-3,8,10H,4-7,14H2,1H3,(H,15,16). The van der Waals surface area contributed by atoms with E-state index < -0.39 is 9.84 Å². The predicted molar refractivity (Wildman–Crippen MR) is 76.5 cm³/mol. The molecule has 3 N–H and O–H groups in total. The number of ether oxygens (including phenoxy) is 1. The monoisotopic (exact) mass is 298 g/mol. The average molecular weight is 298 g/mol. The van der Waals surface area contributed by atoms with E-state index in [9.17, 15) is 13.2 Å². The second-order valence-electron chi connectivity index (χ2n) is 4.86. The number of carbonyl (C=O) groups is 1. The van der Waals surface area contributed by atoms with Crippen molar-refractivity contribution in [1.29, 1.82) is 0 Å². The second kappa shape index (κ2) is 5.70. The van der Waals surface area contributed by atoms with Crippen molar-refractivity contribution in [3.63, 3.8) is 0 Å². The van der Waals surface area contributed by atoms with Crippen molar-refractivity contribution in [3.05, 3.63) is 23.8 Å². The van der Waals surface area contributed by atoms with Gasteiger partial charge in [-0.25, -0.2) is 8.42 Å². The molecule has 0 bridgehead atoms. The maximum atomic E-state index is 12.2. The Bertz CT molecular complexity index is 599. The highest BCUT2D eigenvalue weighted by molar-refractivity contribution is 7.91. The molecule has 1 aromatic rings. The summed E-state index contributed by atoms with van der Waals surface area (Å²) in [4.78, 5) is 12.2. The van der Waals surface area contributed by atoms with Crippen molar-refractivity contribution >= 4 is 21.4 Å². The Labute approximate surface area is 118 Å². The van der Waals surface area contributed by atoms with Crippen LogP contribution in [0.4, 0.5) is 5.69 Å². The van der Waals surface area contributed by atoms with Gasteiger partial charge in [0.15, 0.2) is 0 Å². The van der Waals surface area contributed by atoms with Crippen LogP contribution >= 0.6 is 0 Å². The third-order valence-electron chi connectivity index (χ3n) is 3.36. The molecule has 1 aliphatic heterocycles. The molecule has 0 aromatic heterocycles. The molecule has 1 fully saturated rings. The van der Waals surface area contributed by atoms with Gasteiger partial charge in [-0.1, -0.05) is 0 Å². The van der Waals surface area contributed by atoms with Crippen LogP contribution in [-0.2, 0) is 9.84 Å². The number of sulfone groups is 1. The number of amides is 1. The molecule has 1 amide bonds. The smallest absolute Gasteiger partial charge is 0.255 e. The number of nitrogens with one attached hydrogen (secondary N) is 1. The Kier molecular flexibility index (Phi) is 4.17. The molecule has 0 spiro atoms. The van der Waals surface area contributed by atoms with E-state index in [0.29, 0.717) is 29.8 Å². The van der Waals surface area contributed by atoms with Crippen LogP contribution in [0.15, 0.2) is 18.2 Å². The van der Waals surface area contributed by atoms with E-state index in [1.807, 2.05) is 0 Å². The molecule has 0 unspecified atom stereocenters. The number of nitrogen functional groups attached to an aromatic ring is 1. The van der Waals surface area contributed by atoms with Crippen molar-refractivity contribution in [2.75, 3.05) is 24.3 Å². The average Bonchev–Trinajstić information content (AvgIpc) is 2.41. The number of rotatable bonds is 3. The van der Waals surface area contributed by atoms with Gasteiger partial charge in [-0.3, -0.25) is 4.79 Å². The number of methoxy groups -OCH3 is 1. The van der Waals surface area contributed by atoms with Crippen molar-refractivity contribution in [2.45, 2.75) is 18.9 Å². The lowest BCUT2D eigenvalue weighted by Gasteiger charge is -2.23. The molecule has 1 heterocycles. The van der Waals surface area contributed by atoms with E-state index in [4.69, 9.17) is 10.5 Å². The fourth-order valence-electron chi connectivity index (χ4n) is 2.20. The van der Waals surface area contributed by atoms with Crippen molar-refractivity contribution in [3.8, 4) is 5.75 Å². The van der Waals surface area contributed by atoms with Gasteiger partial charge in [-0.15, -0.1) is 0 Å². The highest BCUT2D eigenvalue weighted by atomic mass is 32.2. The number of nitrogens with two attached hydrogens (primary N) is 1. The van der Waals surface area contributed by atoms with Gasteiger partial charge >= 0.3 is 0 Å². The fraction of sp³-hybridized carbons (Fsp3) is 0.462. The predicted octanol–water partition coefficient (Wildman–Crippen LogP) is 0.584. The lowest BCUT2D eigenvalue weighted by molar-refractivity contribution is 0.0931. The van der Waals surface area contributed by atoms with E-state index in [2.05, 4.69) is 5.32 Å². The van der Waals surface area contributed by atoms with E-state index >= 15 is 0 Å². The van der Waals surface area contributed by atoms with Crippen LogP contribution < -0.4 is 15.8 Å². The number of hydrogen-bond donors (Lipinski definition) is 2. The minimum atomic E-state index is -2.93. The van der Waals surface area contributed by atoms with E-state index in [1.165, 1.54) is 7.11 Å². The van der Waals surface area contributed by atoms with Gasteiger partial charge in [0.05, 0.1) is 24.2 Å². The maximum Gasteiger partial charge on any atom is 0.255 e. The summed E-state index contributed by atoms with van der Waals surface area (Å²) in [6.45, 7) is 0. The maximum absolute atomic E-state index is 12.2. The van der Waals surface area contributed by atoms with Crippen molar-refractivity contribution in [2.24, 2.45) is 0 Å². The molecule has 110 valence electrons. The summed E-state index contributed by atoms with van der Waals surface area (Å²) >= 11 is 0. The van der Waals surface area contributed by atoms with Crippen molar-refractivity contribution < 1.29 is 17.9 Å². The van der Waals surface area contributed by atoms with Crippen molar-refractivity contribution in [1.82, 2.24) is 5.32 Å². The first-order valence-electron chi connectivity index (χ1n) is 6.36. The summed E-state index contributed by atoms with van der Waals surface area (Å²) in [5.74, 6) is 0.386. The zero-order valence-corrected chi connectivity index (χ0v) is 12.1. The summed E-state index contributed by atoms with van der Waals surface area (Å²) in [6.07, 6.45) is 0.886. The molecule has 1 aliphatic rings. The first kappa shape index (κ1) is 14.6. The quantitative estimate of drug-likeness (QED) is 0.796. The van der Waals surface area contributed by atoms with Crippen LogP contribution in [0, 0.1) is 0 Å². The summed E-state index contributed by atoms with van der Waals surface area (Å²) < 4.78 is 27.8. The Morgan fingerprint density at radius 1 is 1.35 bits per heavy atom. The van der Waals surface area contributed by atoms with Gasteiger partial charge in [0.25, 0.3) is 5.91 Å². The topological polar surface area (TPSA) is 98.5 Å². The van der Waals surface area contributed by atoms with E-state index in [1.54, 1.807) is 18.2 Å². The molecule has 7 heteroatoms. The molecule has 0 radical (unpaired) electrons. The van der Waals surface area contributed by atoms with Crippen LogP contribution in [-0.4, -0.2) is 39.0 Å². The molecule has 2 rings (SSSR count). The van der Waals surface area contributed by atoms with E-state index in [0.717, 1.165) is 0 Å². The largest absolute Gasteiger partial charge is 0.496 e. The zero-order chi connectivity index (χ0) is 14.8. The van der Waals surface area contributed by atoms with Crippen LogP contribution in [0.2, 0.25) is 0 Å². The third kappa shape index (κ3) is 3.41. The van der Waals surface area contributed by atoms with Crippen LogP contribution in [0.1, 0.15) is 23.2 Å². The van der Waals surface area contributed by atoms with Gasteiger partial charge in [-0.2, -0.15) is 0 Å². The molecular formula is C13H18N2O4S. The van der Waals surface area contributed by atoms with Gasteiger partial charge in [-0.05, 0) is 31.0 Å². The highest BCUT2D eigenvalue weighted by Crippen LogP contribution is 2.22. The normalized spacial score (nSPS) is 18.4. The minimum absolute atomic E-state index is 0.117. The van der Waals surface area contributed by atoms with Gasteiger partial charge in [0, 0.05) is 11.7 Å². The van der Waals surface area contributed by atoms with Crippen LogP contribution in [0.3, 0.4) is 0 Å². The Hall–Kier alpha value is -1.76. The molecule has 0 atom stereocenters. The Morgan fingerprint density at radius 3 is 2.60 bits per heavy atom. The number of hydrogen-bond acceptors (Lipinski definition) is 5. The molecule has 20 heavy (non-hydrogen) atoms. The summed E-state index contributed by atoms with van der Waals surface area (Å²) in [7, 11) is -1.45. The minimum Gasteiger partial charge on any atom is -0.496 e. The van der Waals surface area contributed by atoms with E-state index in [-0.39, 0.29) is 23.5 Å². The molecule has 6 nitrogen and oxygen atoms in total. The zero-order valence-electron chi connectivity index (χ0n) is 11.3. The van der Waals surface area contributed by atoms with Gasteiger partial charge < -0.3 is 15.8 Å². The van der Waals surface area contributed by atoms with Crippen LogP contribution in [0.25, 0.3) is 0 Å². The Balaban J connectivity index is 2.07. The molecule has 1 saturated heterocycles. The number of anilines is 1. The first-order chi connectivity index (χ1) is 9.41. The first-order valence-corrected chi connectivity index (χ1v) is 8.18. The Morgan fingerprint density at radius 2 is 2.00 bits per heavy atom. The molecular weight excluding hydrogens is 280 g/mol. The molecule has 0 aliphatic carbocycles. The molecule has 0 saturated carbocycles. The van der Waals surface area contributed by atoms with Crippen LogP contribution in [0.5, 0.6) is 5.75 Å². The highest BCUT2D eigenvalue weighted by Gasteiger charge is 2.25. The fourth-order valence-corrected chi connectivity index (χ4v) is 3.69. The number of benzene rings is 1. The SMILES string of the molecule is COc1ccc(N)cc1C(=O)NC1CCS(=O)(=O)CC1. The summed E-state index contributed by atoms with van der Waals surface area (Å²) in [5, 5.41) is 2.84. The summed E-state index contributed by atoms with van der Waals surface area (Å²) in [6, 6.07) is 4.71. The second-order valence-corrected chi connectivity index (χ2v) is 7.16. The lowest BCUT2D eigenvalue weighted by Crippen LogP contribution is -2.40.